The number of nitrogens with one attached hydrogen (secondary N) is 1. The number of halogens is 1. The van der Waals surface area contributed by atoms with Crippen molar-refractivity contribution in [3.63, 3.8) is 0 Å². The van der Waals surface area contributed by atoms with Crippen molar-refractivity contribution in [3.8, 4) is 0 Å². The quantitative estimate of drug-likeness (QED) is 0.788. The van der Waals surface area contributed by atoms with E-state index in [2.05, 4.69) is 21.2 Å². The molecule has 0 heterocycles. The van der Waals surface area contributed by atoms with Crippen molar-refractivity contribution in [2.75, 3.05) is 18.4 Å². The number of anilines is 1. The van der Waals surface area contributed by atoms with Gasteiger partial charge in [-0.25, -0.2) is 8.42 Å². The van der Waals surface area contributed by atoms with E-state index in [1.54, 1.807) is 26.0 Å². The lowest BCUT2D eigenvalue weighted by atomic mass is 10.2. The highest BCUT2D eigenvalue weighted by atomic mass is 79.9. The predicted molar refractivity (Wildman–Crippen MR) is 98.6 cm³/mol. The molecule has 1 N–H and O–H groups in total. The highest BCUT2D eigenvalue weighted by Crippen LogP contribution is 2.19. The van der Waals surface area contributed by atoms with Crippen LogP contribution in [0.3, 0.4) is 0 Å². The lowest BCUT2D eigenvalue weighted by Gasteiger charge is -2.18. The van der Waals surface area contributed by atoms with Crippen LogP contribution in [0.25, 0.3) is 0 Å². The van der Waals surface area contributed by atoms with Crippen LogP contribution in [0.15, 0.2) is 57.9 Å². The first kappa shape index (κ1) is 18.6. The molecule has 0 saturated heterocycles. The van der Waals surface area contributed by atoms with Crippen LogP contribution < -0.4 is 5.32 Å². The van der Waals surface area contributed by atoms with E-state index >= 15 is 0 Å². The van der Waals surface area contributed by atoms with Gasteiger partial charge >= 0.3 is 0 Å². The van der Waals surface area contributed by atoms with Gasteiger partial charge in [0.15, 0.2) is 0 Å². The highest BCUT2D eigenvalue weighted by Gasteiger charge is 2.21. The first-order valence-electron chi connectivity index (χ1n) is 7.55. The lowest BCUT2D eigenvalue weighted by molar-refractivity contribution is 0.102. The van der Waals surface area contributed by atoms with E-state index in [-0.39, 0.29) is 10.8 Å². The van der Waals surface area contributed by atoms with Gasteiger partial charge in [0.1, 0.15) is 0 Å². The van der Waals surface area contributed by atoms with Crippen LogP contribution >= 0.6 is 15.9 Å². The van der Waals surface area contributed by atoms with Gasteiger partial charge in [-0.2, -0.15) is 4.31 Å². The van der Waals surface area contributed by atoms with Gasteiger partial charge in [0, 0.05) is 28.8 Å². The molecule has 0 aromatic heterocycles. The Morgan fingerprint density at radius 1 is 1.08 bits per heavy atom. The molecule has 0 fully saturated rings. The molecule has 1 amide bonds. The van der Waals surface area contributed by atoms with Gasteiger partial charge in [-0.1, -0.05) is 35.8 Å². The average Bonchev–Trinajstić information content (AvgIpc) is 2.56. The molecule has 0 radical (unpaired) electrons. The van der Waals surface area contributed by atoms with Crippen LogP contribution in [-0.2, 0) is 10.0 Å². The summed E-state index contributed by atoms with van der Waals surface area (Å²) >= 11 is 3.34. The average molecular weight is 411 g/mol. The SMILES string of the molecule is CCN(CC)S(=O)(=O)c1ccc(C(=O)Nc2cccc(Br)c2)cc1. The van der Waals surface area contributed by atoms with Crippen LogP contribution in [0.4, 0.5) is 5.69 Å². The van der Waals surface area contributed by atoms with E-state index in [0.717, 1.165) is 4.47 Å². The van der Waals surface area contributed by atoms with Gasteiger partial charge < -0.3 is 5.32 Å². The molecule has 2 aromatic rings. The third-order valence-corrected chi connectivity index (χ3v) is 6.10. The van der Waals surface area contributed by atoms with Gasteiger partial charge in [0.2, 0.25) is 10.0 Å². The third-order valence-electron chi connectivity index (χ3n) is 3.54. The Morgan fingerprint density at radius 3 is 2.25 bits per heavy atom. The number of sulfonamides is 1. The molecule has 24 heavy (non-hydrogen) atoms. The van der Waals surface area contributed by atoms with Crippen molar-refractivity contribution < 1.29 is 13.2 Å². The van der Waals surface area contributed by atoms with E-state index < -0.39 is 10.0 Å². The summed E-state index contributed by atoms with van der Waals surface area (Å²) in [5, 5.41) is 2.77. The number of hydrogen-bond donors (Lipinski definition) is 1. The zero-order valence-electron chi connectivity index (χ0n) is 13.5. The summed E-state index contributed by atoms with van der Waals surface area (Å²) in [6.45, 7) is 4.40. The molecule has 5 nitrogen and oxygen atoms in total. The minimum absolute atomic E-state index is 0.185. The second kappa shape index (κ2) is 7.92. The molecule has 2 aromatic carbocycles. The molecule has 0 spiro atoms. The maximum atomic E-state index is 12.4. The summed E-state index contributed by atoms with van der Waals surface area (Å²) in [4.78, 5) is 12.4. The summed E-state index contributed by atoms with van der Waals surface area (Å²) < 4.78 is 27.1. The van der Waals surface area contributed by atoms with Crippen molar-refractivity contribution >= 4 is 37.5 Å². The van der Waals surface area contributed by atoms with E-state index in [9.17, 15) is 13.2 Å². The summed E-state index contributed by atoms with van der Waals surface area (Å²) in [6.07, 6.45) is 0. The second-order valence-electron chi connectivity index (χ2n) is 5.08. The monoisotopic (exact) mass is 410 g/mol. The van der Waals surface area contributed by atoms with Crippen LogP contribution in [0, 0.1) is 0 Å². The first-order valence-corrected chi connectivity index (χ1v) is 9.79. The Kier molecular flexibility index (Phi) is 6.15. The van der Waals surface area contributed by atoms with E-state index in [1.165, 1.54) is 28.6 Å². The Bertz CT molecular complexity index is 816. The van der Waals surface area contributed by atoms with Crippen LogP contribution in [-0.4, -0.2) is 31.7 Å². The van der Waals surface area contributed by atoms with Crippen LogP contribution in [0.2, 0.25) is 0 Å². The van der Waals surface area contributed by atoms with Gasteiger partial charge in [0.05, 0.1) is 4.90 Å². The standard InChI is InChI=1S/C17H19BrN2O3S/c1-3-20(4-2)24(22,23)16-10-8-13(9-11-16)17(21)19-15-7-5-6-14(18)12-15/h5-12H,3-4H2,1-2H3,(H,19,21). The molecule has 0 atom stereocenters. The number of nitrogens with zero attached hydrogens (tertiary/aromatic N) is 1. The maximum absolute atomic E-state index is 12.4. The molecule has 0 aliphatic carbocycles. The largest absolute Gasteiger partial charge is 0.322 e. The van der Waals surface area contributed by atoms with Gasteiger partial charge in [-0.15, -0.1) is 0 Å². The summed E-state index contributed by atoms with van der Waals surface area (Å²) in [5.74, 6) is -0.292. The number of benzene rings is 2. The number of rotatable bonds is 6. The summed E-state index contributed by atoms with van der Waals surface area (Å²) in [6, 6.07) is 13.2. The van der Waals surface area contributed by atoms with Gasteiger partial charge in [0.25, 0.3) is 5.91 Å². The van der Waals surface area contributed by atoms with Gasteiger partial charge in [-0.3, -0.25) is 4.79 Å². The Balaban J connectivity index is 2.18. The number of carbonyl (C=O) groups is 1. The van der Waals surface area contributed by atoms with Gasteiger partial charge in [-0.05, 0) is 42.5 Å². The van der Waals surface area contributed by atoms with E-state index in [1.807, 2.05) is 12.1 Å². The molecule has 7 heteroatoms. The normalized spacial score (nSPS) is 11.5. The minimum Gasteiger partial charge on any atom is -0.322 e. The van der Waals surface area contributed by atoms with Crippen LogP contribution in [0.1, 0.15) is 24.2 Å². The van der Waals surface area contributed by atoms with Crippen molar-refractivity contribution in [1.82, 2.24) is 4.31 Å². The fourth-order valence-corrected chi connectivity index (χ4v) is 4.12. The fourth-order valence-electron chi connectivity index (χ4n) is 2.26. The second-order valence-corrected chi connectivity index (χ2v) is 7.93. The number of hydrogen-bond acceptors (Lipinski definition) is 3. The molecule has 2 rings (SSSR count). The molecule has 128 valence electrons. The molecule has 0 saturated carbocycles. The molecule has 0 aliphatic rings. The van der Waals surface area contributed by atoms with E-state index in [0.29, 0.717) is 24.3 Å². The van der Waals surface area contributed by atoms with E-state index in [4.69, 9.17) is 0 Å². The summed E-state index contributed by atoms with van der Waals surface area (Å²) in [5.41, 5.74) is 1.06. The molecular formula is C17H19BrN2O3S. The fraction of sp³-hybridized carbons (Fsp3) is 0.235. The first-order chi connectivity index (χ1) is 11.4. The van der Waals surface area contributed by atoms with Crippen molar-refractivity contribution in [2.24, 2.45) is 0 Å². The lowest BCUT2D eigenvalue weighted by Crippen LogP contribution is -2.30. The summed E-state index contributed by atoms with van der Waals surface area (Å²) in [7, 11) is -3.51. The number of carbonyl (C=O) groups excluding carboxylic acids is 1. The van der Waals surface area contributed by atoms with Crippen molar-refractivity contribution in [2.45, 2.75) is 18.7 Å². The molecule has 0 unspecified atom stereocenters. The van der Waals surface area contributed by atoms with Crippen molar-refractivity contribution in [3.05, 3.63) is 58.6 Å². The molecule has 0 bridgehead atoms. The van der Waals surface area contributed by atoms with Crippen molar-refractivity contribution in [1.29, 1.82) is 0 Å². The smallest absolute Gasteiger partial charge is 0.255 e. The predicted octanol–water partition coefficient (Wildman–Crippen LogP) is 3.73. The zero-order chi connectivity index (χ0) is 17.7. The topological polar surface area (TPSA) is 66.5 Å². The zero-order valence-corrected chi connectivity index (χ0v) is 15.9. The number of amides is 1. The van der Waals surface area contributed by atoms with Crippen LogP contribution in [0.5, 0.6) is 0 Å². The maximum Gasteiger partial charge on any atom is 0.255 e. The minimum atomic E-state index is -3.51. The Labute approximate surface area is 150 Å². The third kappa shape index (κ3) is 4.23. The highest BCUT2D eigenvalue weighted by molar-refractivity contribution is 9.10. The molecule has 0 aliphatic heterocycles. The Morgan fingerprint density at radius 2 is 1.71 bits per heavy atom. The molecular weight excluding hydrogens is 392 g/mol. The Hall–Kier alpha value is -1.70.